The average molecular weight is 279 g/mol. The maximum absolute atomic E-state index is 5.99. The lowest BCUT2D eigenvalue weighted by molar-refractivity contribution is 0.340. The molecule has 0 bridgehead atoms. The molecule has 0 radical (unpaired) electrons. The number of aromatic nitrogens is 1. The number of fused-ring (bicyclic) bond motifs is 1. The van der Waals surface area contributed by atoms with Crippen molar-refractivity contribution >= 4 is 28.0 Å². The molecule has 3 rings (SSSR count). The number of hydrogen-bond donors (Lipinski definition) is 2. The average Bonchev–Trinajstić information content (AvgIpc) is 2.52. The second kappa shape index (κ2) is 5.71. The highest BCUT2D eigenvalue weighted by Crippen LogP contribution is 2.29. The number of nitrogens with zero attached hydrogens (tertiary/aromatic N) is 1. The van der Waals surface area contributed by atoms with E-state index in [0.29, 0.717) is 6.61 Å². The van der Waals surface area contributed by atoms with E-state index in [1.54, 1.807) is 6.20 Å². The SMILES string of the molecule is CCOc1ccc(Nc2ccc(N)c3cccnc23)cc1. The van der Waals surface area contributed by atoms with Gasteiger partial charge in [0.15, 0.2) is 0 Å². The Morgan fingerprint density at radius 1 is 1.10 bits per heavy atom. The normalized spacial score (nSPS) is 10.5. The standard InChI is InChI=1S/C17H17N3O/c1-2-21-13-7-5-12(6-8-13)20-16-10-9-15(18)14-4-3-11-19-17(14)16/h3-11,20H,2,18H2,1H3. The minimum Gasteiger partial charge on any atom is -0.494 e. The number of anilines is 3. The lowest BCUT2D eigenvalue weighted by Gasteiger charge is -2.11. The van der Waals surface area contributed by atoms with Crippen LogP contribution in [0.25, 0.3) is 10.9 Å². The van der Waals surface area contributed by atoms with E-state index in [0.717, 1.165) is 33.7 Å². The van der Waals surface area contributed by atoms with Crippen LogP contribution in [-0.2, 0) is 0 Å². The molecule has 3 aromatic rings. The van der Waals surface area contributed by atoms with Gasteiger partial charge >= 0.3 is 0 Å². The largest absolute Gasteiger partial charge is 0.494 e. The first-order valence-electron chi connectivity index (χ1n) is 6.91. The first-order chi connectivity index (χ1) is 10.3. The smallest absolute Gasteiger partial charge is 0.119 e. The van der Waals surface area contributed by atoms with Gasteiger partial charge in [-0.15, -0.1) is 0 Å². The quantitative estimate of drug-likeness (QED) is 0.710. The number of nitrogens with two attached hydrogens (primary N) is 1. The molecule has 0 atom stereocenters. The van der Waals surface area contributed by atoms with Crippen molar-refractivity contribution in [2.24, 2.45) is 0 Å². The van der Waals surface area contributed by atoms with Gasteiger partial charge in [0.05, 0.1) is 17.8 Å². The van der Waals surface area contributed by atoms with Crippen molar-refractivity contribution in [2.45, 2.75) is 6.92 Å². The van der Waals surface area contributed by atoms with Gasteiger partial charge in [0.25, 0.3) is 0 Å². The lowest BCUT2D eigenvalue weighted by Crippen LogP contribution is -1.96. The monoisotopic (exact) mass is 279 g/mol. The Morgan fingerprint density at radius 3 is 2.67 bits per heavy atom. The maximum Gasteiger partial charge on any atom is 0.119 e. The molecule has 0 aliphatic heterocycles. The molecule has 21 heavy (non-hydrogen) atoms. The summed E-state index contributed by atoms with van der Waals surface area (Å²) < 4.78 is 5.44. The summed E-state index contributed by atoms with van der Waals surface area (Å²) in [5.41, 5.74) is 9.50. The van der Waals surface area contributed by atoms with Crippen LogP contribution in [0.2, 0.25) is 0 Å². The summed E-state index contributed by atoms with van der Waals surface area (Å²) in [6.45, 7) is 2.64. The number of pyridine rings is 1. The van der Waals surface area contributed by atoms with Gasteiger partial charge in [0.2, 0.25) is 0 Å². The maximum atomic E-state index is 5.99. The second-order valence-electron chi connectivity index (χ2n) is 4.68. The predicted molar refractivity (Wildman–Crippen MR) is 87.0 cm³/mol. The van der Waals surface area contributed by atoms with Gasteiger partial charge in [-0.05, 0) is 55.5 Å². The molecule has 3 N–H and O–H groups in total. The molecule has 2 aromatic carbocycles. The van der Waals surface area contributed by atoms with Gasteiger partial charge < -0.3 is 15.8 Å². The number of nitrogens with one attached hydrogen (secondary N) is 1. The summed E-state index contributed by atoms with van der Waals surface area (Å²) in [6.07, 6.45) is 1.77. The molecule has 106 valence electrons. The molecule has 1 heterocycles. The Balaban J connectivity index is 1.93. The summed E-state index contributed by atoms with van der Waals surface area (Å²) in [7, 11) is 0. The Kier molecular flexibility index (Phi) is 3.60. The number of hydrogen-bond acceptors (Lipinski definition) is 4. The summed E-state index contributed by atoms with van der Waals surface area (Å²) in [5.74, 6) is 0.864. The zero-order valence-corrected chi connectivity index (χ0v) is 11.8. The van der Waals surface area contributed by atoms with E-state index in [2.05, 4.69) is 10.3 Å². The molecule has 0 amide bonds. The molecule has 0 aliphatic carbocycles. The van der Waals surface area contributed by atoms with Gasteiger partial charge in [-0.2, -0.15) is 0 Å². The van der Waals surface area contributed by atoms with Crippen molar-refractivity contribution in [3.63, 3.8) is 0 Å². The predicted octanol–water partition coefficient (Wildman–Crippen LogP) is 3.96. The van der Waals surface area contributed by atoms with E-state index in [4.69, 9.17) is 10.5 Å². The molecule has 0 saturated heterocycles. The molecule has 4 heteroatoms. The molecule has 0 fully saturated rings. The number of nitrogen functional groups attached to an aromatic ring is 1. The number of ether oxygens (including phenoxy) is 1. The first-order valence-corrected chi connectivity index (χ1v) is 6.91. The fourth-order valence-corrected chi connectivity index (χ4v) is 2.25. The van der Waals surface area contributed by atoms with Gasteiger partial charge in [-0.25, -0.2) is 0 Å². The van der Waals surface area contributed by atoms with Crippen LogP contribution in [0.1, 0.15) is 6.92 Å². The fourth-order valence-electron chi connectivity index (χ4n) is 2.25. The van der Waals surface area contributed by atoms with Crippen LogP contribution in [0.15, 0.2) is 54.7 Å². The summed E-state index contributed by atoms with van der Waals surface area (Å²) in [4.78, 5) is 4.42. The highest BCUT2D eigenvalue weighted by molar-refractivity contribution is 5.99. The highest BCUT2D eigenvalue weighted by atomic mass is 16.5. The van der Waals surface area contributed by atoms with Crippen molar-refractivity contribution in [3.05, 3.63) is 54.7 Å². The van der Waals surface area contributed by atoms with Crippen molar-refractivity contribution in [1.82, 2.24) is 4.98 Å². The van der Waals surface area contributed by atoms with Gasteiger partial charge in [0, 0.05) is 23.0 Å². The Hall–Kier alpha value is -2.75. The van der Waals surface area contributed by atoms with Gasteiger partial charge in [-0.3, -0.25) is 4.98 Å². The zero-order valence-electron chi connectivity index (χ0n) is 11.8. The molecule has 0 saturated carbocycles. The van der Waals surface area contributed by atoms with Gasteiger partial charge in [-0.1, -0.05) is 0 Å². The van der Waals surface area contributed by atoms with Crippen molar-refractivity contribution in [3.8, 4) is 5.75 Å². The molecule has 0 spiro atoms. The second-order valence-corrected chi connectivity index (χ2v) is 4.68. The van der Waals surface area contributed by atoms with Crippen LogP contribution >= 0.6 is 0 Å². The van der Waals surface area contributed by atoms with Crippen molar-refractivity contribution in [2.75, 3.05) is 17.7 Å². The van der Waals surface area contributed by atoms with E-state index in [1.165, 1.54) is 0 Å². The van der Waals surface area contributed by atoms with Crippen LogP contribution in [0.5, 0.6) is 5.75 Å². The minimum atomic E-state index is 0.666. The molecular weight excluding hydrogens is 262 g/mol. The third-order valence-corrected chi connectivity index (χ3v) is 3.25. The molecular formula is C17H17N3O. The van der Waals surface area contributed by atoms with Crippen LogP contribution in [-0.4, -0.2) is 11.6 Å². The zero-order chi connectivity index (χ0) is 14.7. The van der Waals surface area contributed by atoms with E-state index in [9.17, 15) is 0 Å². The topological polar surface area (TPSA) is 60.2 Å². The Labute approximate surface area is 123 Å². The fraction of sp³-hybridized carbons (Fsp3) is 0.118. The third kappa shape index (κ3) is 2.74. The van der Waals surface area contributed by atoms with Crippen LogP contribution in [0.3, 0.4) is 0 Å². The van der Waals surface area contributed by atoms with E-state index < -0.39 is 0 Å². The lowest BCUT2D eigenvalue weighted by atomic mass is 10.1. The van der Waals surface area contributed by atoms with Gasteiger partial charge in [0.1, 0.15) is 5.75 Å². The molecule has 0 aliphatic rings. The van der Waals surface area contributed by atoms with Crippen molar-refractivity contribution in [1.29, 1.82) is 0 Å². The van der Waals surface area contributed by atoms with Crippen LogP contribution in [0, 0.1) is 0 Å². The van der Waals surface area contributed by atoms with Crippen molar-refractivity contribution < 1.29 is 4.74 Å². The molecule has 0 unspecified atom stereocenters. The highest BCUT2D eigenvalue weighted by Gasteiger charge is 2.05. The van der Waals surface area contributed by atoms with Crippen LogP contribution < -0.4 is 15.8 Å². The summed E-state index contributed by atoms with van der Waals surface area (Å²) in [5, 5.41) is 4.32. The first kappa shape index (κ1) is 13.2. The molecule has 1 aromatic heterocycles. The van der Waals surface area contributed by atoms with E-state index in [1.807, 2.05) is 55.5 Å². The third-order valence-electron chi connectivity index (χ3n) is 3.25. The summed E-state index contributed by atoms with van der Waals surface area (Å²) >= 11 is 0. The van der Waals surface area contributed by atoms with Crippen LogP contribution in [0.4, 0.5) is 17.1 Å². The Morgan fingerprint density at radius 2 is 1.90 bits per heavy atom. The number of rotatable bonds is 4. The minimum absolute atomic E-state index is 0.666. The van der Waals surface area contributed by atoms with E-state index in [-0.39, 0.29) is 0 Å². The Bertz CT molecular complexity index is 754. The number of benzene rings is 2. The summed E-state index contributed by atoms with van der Waals surface area (Å²) in [6, 6.07) is 15.5. The van der Waals surface area contributed by atoms with E-state index >= 15 is 0 Å². The molecule has 4 nitrogen and oxygen atoms in total.